The van der Waals surface area contributed by atoms with Crippen LogP contribution in [0.5, 0.6) is 0 Å². The van der Waals surface area contributed by atoms with Gasteiger partial charge in [-0.15, -0.1) is 0 Å². The molecule has 1 amide bonds. The molecule has 0 spiro atoms. The van der Waals surface area contributed by atoms with Gasteiger partial charge in [-0.25, -0.2) is 0 Å². The van der Waals surface area contributed by atoms with Crippen LogP contribution in [0.2, 0.25) is 0 Å². The first kappa shape index (κ1) is 13.1. The summed E-state index contributed by atoms with van der Waals surface area (Å²) >= 11 is 0. The number of nitrogens with zero attached hydrogens (tertiary/aromatic N) is 2. The summed E-state index contributed by atoms with van der Waals surface area (Å²) in [5.74, 6) is 0.508. The first-order chi connectivity index (χ1) is 9.08. The molecule has 0 unspecified atom stereocenters. The van der Waals surface area contributed by atoms with Crippen LogP contribution in [0.25, 0.3) is 0 Å². The Balaban J connectivity index is 1.95. The van der Waals surface area contributed by atoms with Crippen molar-refractivity contribution in [1.29, 1.82) is 0 Å². The number of carbonyl (C=O) groups is 1. The van der Waals surface area contributed by atoms with Gasteiger partial charge in [-0.05, 0) is 18.9 Å². The van der Waals surface area contributed by atoms with E-state index in [1.807, 2.05) is 37.3 Å². The van der Waals surface area contributed by atoms with Crippen molar-refractivity contribution < 1.29 is 4.79 Å². The van der Waals surface area contributed by atoms with E-state index in [-0.39, 0.29) is 5.91 Å². The second-order valence-corrected chi connectivity index (χ2v) is 4.51. The Labute approximate surface area is 112 Å². The van der Waals surface area contributed by atoms with Crippen molar-refractivity contribution in [2.75, 3.05) is 11.1 Å². The van der Waals surface area contributed by atoms with Crippen LogP contribution in [-0.2, 0) is 18.3 Å². The number of nitrogen functional groups attached to an aromatic ring is 1. The molecule has 1 aromatic carbocycles. The van der Waals surface area contributed by atoms with Crippen molar-refractivity contribution >= 4 is 17.4 Å². The molecule has 2 rings (SSSR count). The molecule has 0 radical (unpaired) electrons. The molecule has 0 aliphatic rings. The number of rotatable bonds is 4. The van der Waals surface area contributed by atoms with Gasteiger partial charge in [0.2, 0.25) is 5.91 Å². The van der Waals surface area contributed by atoms with Crippen molar-refractivity contribution in [3.05, 3.63) is 41.6 Å². The number of hydrogen-bond donors (Lipinski definition) is 2. The average molecular weight is 258 g/mol. The Bertz CT molecular complexity index is 575. The maximum Gasteiger partial charge on any atom is 0.225 e. The van der Waals surface area contributed by atoms with Gasteiger partial charge >= 0.3 is 0 Å². The molecule has 0 saturated heterocycles. The number of benzene rings is 1. The maximum atomic E-state index is 11.9. The van der Waals surface area contributed by atoms with Crippen LogP contribution in [0.4, 0.5) is 11.5 Å². The van der Waals surface area contributed by atoms with Gasteiger partial charge in [0, 0.05) is 13.5 Å². The molecule has 1 aromatic heterocycles. The zero-order valence-corrected chi connectivity index (χ0v) is 11.2. The minimum atomic E-state index is -0.0569. The van der Waals surface area contributed by atoms with Crippen molar-refractivity contribution in [1.82, 2.24) is 9.78 Å². The maximum absolute atomic E-state index is 11.9. The van der Waals surface area contributed by atoms with Crippen LogP contribution in [0, 0.1) is 6.92 Å². The Morgan fingerprint density at radius 1 is 1.37 bits per heavy atom. The van der Waals surface area contributed by atoms with Gasteiger partial charge in [-0.3, -0.25) is 9.48 Å². The highest BCUT2D eigenvalue weighted by Gasteiger charge is 2.12. The summed E-state index contributed by atoms with van der Waals surface area (Å²) in [6, 6.07) is 9.92. The normalized spacial score (nSPS) is 10.4. The van der Waals surface area contributed by atoms with Crippen LogP contribution >= 0.6 is 0 Å². The van der Waals surface area contributed by atoms with E-state index >= 15 is 0 Å². The summed E-state index contributed by atoms with van der Waals surface area (Å²) in [5, 5.41) is 6.96. The van der Waals surface area contributed by atoms with E-state index in [0.29, 0.717) is 24.3 Å². The highest BCUT2D eigenvalue weighted by molar-refractivity contribution is 5.93. The molecule has 0 aliphatic heterocycles. The van der Waals surface area contributed by atoms with E-state index in [1.54, 1.807) is 11.7 Å². The molecule has 5 heteroatoms. The molecule has 0 saturated carbocycles. The third-order valence-electron chi connectivity index (χ3n) is 3.01. The zero-order chi connectivity index (χ0) is 13.8. The number of nitrogens with two attached hydrogens (primary N) is 1. The smallest absolute Gasteiger partial charge is 0.225 e. The fourth-order valence-electron chi connectivity index (χ4n) is 1.92. The van der Waals surface area contributed by atoms with E-state index < -0.39 is 0 Å². The predicted octanol–water partition coefficient (Wildman–Crippen LogP) is 1.88. The van der Waals surface area contributed by atoms with Crippen LogP contribution in [-0.4, -0.2) is 15.7 Å². The van der Waals surface area contributed by atoms with E-state index in [2.05, 4.69) is 10.4 Å². The van der Waals surface area contributed by atoms with Gasteiger partial charge in [-0.1, -0.05) is 30.3 Å². The number of aromatic nitrogens is 2. The van der Waals surface area contributed by atoms with Crippen molar-refractivity contribution in [3.8, 4) is 0 Å². The van der Waals surface area contributed by atoms with Gasteiger partial charge in [0.05, 0.1) is 11.4 Å². The van der Waals surface area contributed by atoms with Gasteiger partial charge in [-0.2, -0.15) is 5.10 Å². The SMILES string of the molecule is Cc1nn(C)c(NC(=O)CCc2ccccc2)c1N. The van der Waals surface area contributed by atoms with Crippen molar-refractivity contribution in [3.63, 3.8) is 0 Å². The molecule has 0 fully saturated rings. The van der Waals surface area contributed by atoms with Crippen LogP contribution in [0.3, 0.4) is 0 Å². The Hall–Kier alpha value is -2.30. The lowest BCUT2D eigenvalue weighted by Crippen LogP contribution is -2.15. The largest absolute Gasteiger partial charge is 0.394 e. The number of nitrogens with one attached hydrogen (secondary N) is 1. The highest BCUT2D eigenvalue weighted by Crippen LogP contribution is 2.21. The third-order valence-corrected chi connectivity index (χ3v) is 3.01. The number of carbonyl (C=O) groups excluding carboxylic acids is 1. The molecular formula is C14H18N4O. The molecular weight excluding hydrogens is 240 g/mol. The summed E-state index contributed by atoms with van der Waals surface area (Å²) in [7, 11) is 1.76. The van der Waals surface area contributed by atoms with Crippen LogP contribution < -0.4 is 11.1 Å². The monoisotopic (exact) mass is 258 g/mol. The fraction of sp³-hybridized carbons (Fsp3) is 0.286. The molecule has 0 bridgehead atoms. The van der Waals surface area contributed by atoms with E-state index in [0.717, 1.165) is 11.3 Å². The number of amides is 1. The number of aryl methyl sites for hydroxylation is 3. The second kappa shape index (κ2) is 5.56. The highest BCUT2D eigenvalue weighted by atomic mass is 16.1. The molecule has 2 aromatic rings. The Morgan fingerprint density at radius 2 is 2.05 bits per heavy atom. The fourth-order valence-corrected chi connectivity index (χ4v) is 1.92. The lowest BCUT2D eigenvalue weighted by atomic mass is 10.1. The van der Waals surface area contributed by atoms with E-state index in [9.17, 15) is 4.79 Å². The lowest BCUT2D eigenvalue weighted by Gasteiger charge is -2.06. The van der Waals surface area contributed by atoms with Crippen molar-refractivity contribution in [2.24, 2.45) is 7.05 Å². The van der Waals surface area contributed by atoms with Gasteiger partial charge in [0.25, 0.3) is 0 Å². The van der Waals surface area contributed by atoms with Crippen LogP contribution in [0.15, 0.2) is 30.3 Å². The summed E-state index contributed by atoms with van der Waals surface area (Å²) in [4.78, 5) is 11.9. The second-order valence-electron chi connectivity index (χ2n) is 4.51. The van der Waals surface area contributed by atoms with Crippen LogP contribution in [0.1, 0.15) is 17.7 Å². The molecule has 19 heavy (non-hydrogen) atoms. The molecule has 100 valence electrons. The van der Waals surface area contributed by atoms with Crippen molar-refractivity contribution in [2.45, 2.75) is 19.8 Å². The molecule has 0 aliphatic carbocycles. The van der Waals surface area contributed by atoms with E-state index in [4.69, 9.17) is 5.73 Å². The number of anilines is 2. The third kappa shape index (κ3) is 3.13. The molecule has 1 heterocycles. The zero-order valence-electron chi connectivity index (χ0n) is 11.2. The molecule has 3 N–H and O–H groups in total. The summed E-state index contributed by atoms with van der Waals surface area (Å²) < 4.78 is 1.59. The Morgan fingerprint density at radius 3 is 2.63 bits per heavy atom. The van der Waals surface area contributed by atoms with Gasteiger partial charge in [0.15, 0.2) is 5.82 Å². The van der Waals surface area contributed by atoms with Gasteiger partial charge < -0.3 is 11.1 Å². The molecule has 0 atom stereocenters. The summed E-state index contributed by atoms with van der Waals surface area (Å²) in [5.41, 5.74) is 8.25. The number of hydrogen-bond acceptors (Lipinski definition) is 3. The Kier molecular flexibility index (Phi) is 3.85. The first-order valence-corrected chi connectivity index (χ1v) is 6.21. The quantitative estimate of drug-likeness (QED) is 0.879. The first-order valence-electron chi connectivity index (χ1n) is 6.21. The predicted molar refractivity (Wildman–Crippen MR) is 75.8 cm³/mol. The molecule has 5 nitrogen and oxygen atoms in total. The summed E-state index contributed by atoms with van der Waals surface area (Å²) in [6.07, 6.45) is 1.14. The van der Waals surface area contributed by atoms with Gasteiger partial charge in [0.1, 0.15) is 0 Å². The topological polar surface area (TPSA) is 72.9 Å². The standard InChI is InChI=1S/C14H18N4O/c1-10-13(15)14(18(2)17-10)16-12(19)9-8-11-6-4-3-5-7-11/h3-7H,8-9,15H2,1-2H3,(H,16,19). The summed E-state index contributed by atoms with van der Waals surface area (Å²) in [6.45, 7) is 1.81. The minimum absolute atomic E-state index is 0.0569. The lowest BCUT2D eigenvalue weighted by molar-refractivity contribution is -0.116. The minimum Gasteiger partial charge on any atom is -0.394 e. The average Bonchev–Trinajstić information content (AvgIpc) is 2.64. The van der Waals surface area contributed by atoms with E-state index in [1.165, 1.54) is 0 Å².